The number of hydrogen-bond donors (Lipinski definition) is 2. The number of hydrogen-bond acceptors (Lipinski definition) is 3. The maximum atomic E-state index is 11.4. The molecule has 4 nitrogen and oxygen atoms in total. The number of ether oxygens (including phenoxy) is 1. The van der Waals surface area contributed by atoms with Crippen molar-refractivity contribution in [2.75, 3.05) is 17.7 Å². The van der Waals surface area contributed by atoms with E-state index < -0.39 is 0 Å². The first kappa shape index (κ1) is 16.0. The predicted molar refractivity (Wildman–Crippen MR) is 93.5 cm³/mol. The van der Waals surface area contributed by atoms with E-state index in [1.807, 2.05) is 26.0 Å². The van der Waals surface area contributed by atoms with Crippen molar-refractivity contribution in [1.82, 2.24) is 0 Å². The quantitative estimate of drug-likeness (QED) is 0.665. The Balaban J connectivity index is 2.01. The molecule has 2 rings (SSSR count). The van der Waals surface area contributed by atoms with Crippen molar-refractivity contribution in [3.63, 3.8) is 0 Å². The number of anilines is 2. The predicted octanol–water partition coefficient (Wildman–Crippen LogP) is 3.90. The number of nitrogens with one attached hydrogen (secondary N) is 2. The molecule has 0 atom stereocenters. The van der Waals surface area contributed by atoms with E-state index >= 15 is 0 Å². The molecule has 0 aliphatic heterocycles. The fraction of sp³-hybridized carbons (Fsp3) is 0.176. The van der Waals surface area contributed by atoms with Gasteiger partial charge < -0.3 is 15.4 Å². The van der Waals surface area contributed by atoms with Gasteiger partial charge in [-0.3, -0.25) is 0 Å². The molecule has 2 aromatic rings. The second-order valence-electron chi connectivity index (χ2n) is 5.02. The molecule has 0 saturated heterocycles. The number of esters is 1. The van der Waals surface area contributed by atoms with Gasteiger partial charge in [-0.1, -0.05) is 6.07 Å². The van der Waals surface area contributed by atoms with Crippen LogP contribution in [0.15, 0.2) is 42.5 Å². The highest BCUT2D eigenvalue weighted by Crippen LogP contribution is 2.15. The van der Waals surface area contributed by atoms with Gasteiger partial charge in [0.15, 0.2) is 5.11 Å². The van der Waals surface area contributed by atoms with Crippen LogP contribution in [0.1, 0.15) is 21.5 Å². The molecule has 22 heavy (non-hydrogen) atoms. The standard InChI is InChI=1S/C17H18N2O2S/c1-11-8-12(2)10-15(9-11)19-17(22)18-14-6-4-13(5-7-14)16(20)21-3/h4-10H,1-3H3,(H2,18,19,22). The molecular formula is C17H18N2O2S. The topological polar surface area (TPSA) is 50.4 Å². The summed E-state index contributed by atoms with van der Waals surface area (Å²) in [4.78, 5) is 11.4. The van der Waals surface area contributed by atoms with Crippen LogP contribution < -0.4 is 10.6 Å². The highest BCUT2D eigenvalue weighted by atomic mass is 32.1. The van der Waals surface area contributed by atoms with E-state index in [-0.39, 0.29) is 5.97 Å². The van der Waals surface area contributed by atoms with Crippen molar-refractivity contribution in [3.8, 4) is 0 Å². The van der Waals surface area contributed by atoms with Crippen LogP contribution in [0.3, 0.4) is 0 Å². The summed E-state index contributed by atoms with van der Waals surface area (Å²) in [5.41, 5.74) is 4.59. The first-order valence-electron chi connectivity index (χ1n) is 6.82. The lowest BCUT2D eigenvalue weighted by Crippen LogP contribution is -2.19. The van der Waals surface area contributed by atoms with Gasteiger partial charge in [0.1, 0.15) is 0 Å². The van der Waals surface area contributed by atoms with Crippen molar-refractivity contribution < 1.29 is 9.53 Å². The van der Waals surface area contributed by atoms with Crippen molar-refractivity contribution in [3.05, 3.63) is 59.2 Å². The third-order valence-corrected chi connectivity index (χ3v) is 3.25. The molecule has 2 N–H and O–H groups in total. The minimum atomic E-state index is -0.359. The lowest BCUT2D eigenvalue weighted by atomic mass is 10.1. The molecule has 0 aromatic heterocycles. The monoisotopic (exact) mass is 314 g/mol. The van der Waals surface area contributed by atoms with Gasteiger partial charge >= 0.3 is 5.97 Å². The van der Waals surface area contributed by atoms with Crippen molar-refractivity contribution in [2.24, 2.45) is 0 Å². The van der Waals surface area contributed by atoms with Crippen LogP contribution >= 0.6 is 12.2 Å². The van der Waals surface area contributed by atoms with E-state index in [0.29, 0.717) is 10.7 Å². The Kier molecular flexibility index (Phi) is 5.12. The van der Waals surface area contributed by atoms with E-state index in [1.165, 1.54) is 18.2 Å². The van der Waals surface area contributed by atoms with E-state index in [9.17, 15) is 4.79 Å². The van der Waals surface area contributed by atoms with Crippen molar-refractivity contribution in [2.45, 2.75) is 13.8 Å². The lowest BCUT2D eigenvalue weighted by molar-refractivity contribution is 0.0601. The zero-order valence-electron chi connectivity index (χ0n) is 12.8. The third kappa shape index (κ3) is 4.30. The number of carbonyl (C=O) groups excluding carboxylic acids is 1. The summed E-state index contributed by atoms with van der Waals surface area (Å²) in [5, 5.41) is 6.73. The molecule has 0 bridgehead atoms. The summed E-state index contributed by atoms with van der Waals surface area (Å²) in [5.74, 6) is -0.359. The minimum Gasteiger partial charge on any atom is -0.465 e. The van der Waals surface area contributed by atoms with Gasteiger partial charge in [0.2, 0.25) is 0 Å². The molecule has 114 valence electrons. The van der Waals surface area contributed by atoms with E-state index in [0.717, 1.165) is 11.4 Å². The van der Waals surface area contributed by atoms with Gasteiger partial charge in [0, 0.05) is 11.4 Å². The van der Waals surface area contributed by atoms with Crippen LogP contribution in [-0.2, 0) is 4.74 Å². The first-order chi connectivity index (χ1) is 10.5. The molecule has 2 aromatic carbocycles. The first-order valence-corrected chi connectivity index (χ1v) is 7.23. The molecule has 0 amide bonds. The Morgan fingerprint density at radius 1 is 0.955 bits per heavy atom. The summed E-state index contributed by atoms with van der Waals surface area (Å²) >= 11 is 5.30. The SMILES string of the molecule is COC(=O)c1ccc(NC(=S)Nc2cc(C)cc(C)c2)cc1. The van der Waals surface area contributed by atoms with Crippen LogP contribution in [-0.4, -0.2) is 18.2 Å². The summed E-state index contributed by atoms with van der Waals surface area (Å²) in [6, 6.07) is 13.1. The number of benzene rings is 2. The van der Waals surface area contributed by atoms with E-state index in [4.69, 9.17) is 12.2 Å². The molecule has 0 aliphatic carbocycles. The van der Waals surface area contributed by atoms with Crippen LogP contribution in [0.2, 0.25) is 0 Å². The molecule has 0 radical (unpaired) electrons. The molecular weight excluding hydrogens is 296 g/mol. The molecule has 0 spiro atoms. The normalized spacial score (nSPS) is 9.95. The molecule has 0 aliphatic rings. The van der Waals surface area contributed by atoms with Crippen LogP contribution in [0.4, 0.5) is 11.4 Å². The minimum absolute atomic E-state index is 0.359. The van der Waals surface area contributed by atoms with Gasteiger partial charge in [-0.05, 0) is 73.6 Å². The zero-order chi connectivity index (χ0) is 16.1. The molecule has 0 fully saturated rings. The number of thiocarbonyl (C=S) groups is 1. The zero-order valence-corrected chi connectivity index (χ0v) is 13.6. The van der Waals surface area contributed by atoms with Gasteiger partial charge in [0.25, 0.3) is 0 Å². The Bertz CT molecular complexity index is 676. The van der Waals surface area contributed by atoms with E-state index in [1.54, 1.807) is 24.3 Å². The van der Waals surface area contributed by atoms with Gasteiger partial charge in [-0.25, -0.2) is 4.79 Å². The molecule has 0 heterocycles. The average molecular weight is 314 g/mol. The second kappa shape index (κ2) is 7.04. The Morgan fingerprint density at radius 2 is 1.50 bits per heavy atom. The highest BCUT2D eigenvalue weighted by Gasteiger charge is 2.05. The van der Waals surface area contributed by atoms with Gasteiger partial charge in [-0.15, -0.1) is 0 Å². The fourth-order valence-corrected chi connectivity index (χ4v) is 2.38. The number of aryl methyl sites for hydroxylation is 2. The molecule has 0 saturated carbocycles. The maximum Gasteiger partial charge on any atom is 0.337 e. The summed E-state index contributed by atoms with van der Waals surface area (Å²) in [7, 11) is 1.36. The van der Waals surface area contributed by atoms with Crippen molar-refractivity contribution >= 4 is 34.7 Å². The summed E-state index contributed by atoms with van der Waals surface area (Å²) < 4.78 is 4.66. The van der Waals surface area contributed by atoms with Gasteiger partial charge in [-0.2, -0.15) is 0 Å². The Hall–Kier alpha value is -2.40. The van der Waals surface area contributed by atoms with Gasteiger partial charge in [0.05, 0.1) is 12.7 Å². The number of methoxy groups -OCH3 is 1. The largest absolute Gasteiger partial charge is 0.465 e. The number of carbonyl (C=O) groups is 1. The third-order valence-electron chi connectivity index (χ3n) is 3.04. The Morgan fingerprint density at radius 3 is 2.05 bits per heavy atom. The molecule has 0 unspecified atom stereocenters. The number of rotatable bonds is 3. The molecule has 5 heteroatoms. The summed E-state index contributed by atoms with van der Waals surface area (Å²) in [6.45, 7) is 4.08. The lowest BCUT2D eigenvalue weighted by Gasteiger charge is -2.12. The van der Waals surface area contributed by atoms with Crippen LogP contribution in [0.25, 0.3) is 0 Å². The van der Waals surface area contributed by atoms with Crippen LogP contribution in [0.5, 0.6) is 0 Å². The average Bonchev–Trinajstić information content (AvgIpc) is 2.46. The Labute approximate surface area is 135 Å². The second-order valence-corrected chi connectivity index (χ2v) is 5.43. The summed E-state index contributed by atoms with van der Waals surface area (Å²) in [6.07, 6.45) is 0. The van der Waals surface area contributed by atoms with E-state index in [2.05, 4.69) is 21.4 Å². The fourth-order valence-electron chi connectivity index (χ4n) is 2.15. The van der Waals surface area contributed by atoms with Crippen LogP contribution in [0, 0.1) is 13.8 Å². The smallest absolute Gasteiger partial charge is 0.337 e. The maximum absolute atomic E-state index is 11.4. The van der Waals surface area contributed by atoms with Crippen molar-refractivity contribution in [1.29, 1.82) is 0 Å². The highest BCUT2D eigenvalue weighted by molar-refractivity contribution is 7.80.